The fraction of sp³-hybridized carbons (Fsp3) is 0.391. The molecule has 2 heterocycles. The van der Waals surface area contributed by atoms with Crippen LogP contribution in [0.25, 0.3) is 11.0 Å². The fourth-order valence-electron chi connectivity index (χ4n) is 4.05. The Morgan fingerprint density at radius 2 is 1.83 bits per heavy atom. The molecule has 0 aliphatic carbocycles. The molecule has 4 rings (SSSR count). The minimum Gasteiger partial charge on any atom is -0.497 e. The number of benzene rings is 2. The van der Waals surface area contributed by atoms with E-state index in [1.807, 2.05) is 6.07 Å². The van der Waals surface area contributed by atoms with Crippen molar-refractivity contribution in [2.75, 3.05) is 20.2 Å². The van der Waals surface area contributed by atoms with Crippen molar-refractivity contribution in [3.05, 3.63) is 75.0 Å². The van der Waals surface area contributed by atoms with Crippen LogP contribution in [0.1, 0.15) is 24.8 Å². The third-order valence-corrected chi connectivity index (χ3v) is 5.80. The summed E-state index contributed by atoms with van der Waals surface area (Å²) in [6, 6.07) is 15.4. The van der Waals surface area contributed by atoms with E-state index < -0.39 is 5.76 Å². The number of hydrogen-bond donors (Lipinski definition) is 0. The summed E-state index contributed by atoms with van der Waals surface area (Å²) in [5.74, 6) is 0.490. The summed E-state index contributed by atoms with van der Waals surface area (Å²) >= 11 is 0. The second kappa shape index (κ2) is 8.66. The first kappa shape index (κ1) is 19.5. The van der Waals surface area contributed by atoms with Crippen LogP contribution in [0.5, 0.6) is 5.75 Å². The van der Waals surface area contributed by atoms with Crippen LogP contribution in [-0.4, -0.2) is 29.7 Å². The number of piperidine rings is 1. The van der Waals surface area contributed by atoms with Crippen molar-refractivity contribution in [3.8, 4) is 5.75 Å². The van der Waals surface area contributed by atoms with Gasteiger partial charge in [-0.3, -0.25) is 9.69 Å². The van der Waals surface area contributed by atoms with E-state index in [0.29, 0.717) is 29.2 Å². The van der Waals surface area contributed by atoms with Crippen molar-refractivity contribution in [2.45, 2.75) is 32.4 Å². The zero-order valence-corrected chi connectivity index (χ0v) is 16.7. The topological polar surface area (TPSA) is 64.7 Å². The van der Waals surface area contributed by atoms with Crippen LogP contribution in [0.3, 0.4) is 0 Å². The van der Waals surface area contributed by atoms with E-state index in [-0.39, 0.29) is 5.56 Å². The number of aromatic nitrogens is 1. The maximum Gasteiger partial charge on any atom is 0.422 e. The Labute approximate surface area is 169 Å². The molecule has 0 atom stereocenters. The minimum atomic E-state index is -0.589. The molecule has 0 bridgehead atoms. The van der Waals surface area contributed by atoms with Crippen LogP contribution >= 0.6 is 0 Å². The van der Waals surface area contributed by atoms with E-state index in [1.54, 1.807) is 25.3 Å². The van der Waals surface area contributed by atoms with E-state index in [2.05, 4.69) is 29.2 Å². The van der Waals surface area contributed by atoms with Crippen LogP contribution in [0.2, 0.25) is 0 Å². The highest BCUT2D eigenvalue weighted by molar-refractivity contribution is 5.77. The third-order valence-electron chi connectivity index (χ3n) is 5.80. The summed E-state index contributed by atoms with van der Waals surface area (Å²) < 4.78 is 11.7. The monoisotopic (exact) mass is 394 g/mol. The average Bonchev–Trinajstić information content (AvgIpc) is 2.75. The third kappa shape index (κ3) is 4.43. The predicted molar refractivity (Wildman–Crippen MR) is 112 cm³/mol. The number of hydrogen-bond acceptors (Lipinski definition) is 5. The Morgan fingerprint density at radius 1 is 1.07 bits per heavy atom. The van der Waals surface area contributed by atoms with Gasteiger partial charge in [0.05, 0.1) is 12.5 Å². The van der Waals surface area contributed by atoms with E-state index >= 15 is 0 Å². The quantitative estimate of drug-likeness (QED) is 0.642. The zero-order chi connectivity index (χ0) is 20.2. The Bertz CT molecular complexity index is 1080. The predicted octanol–water partition coefficient (Wildman–Crippen LogP) is 3.27. The van der Waals surface area contributed by atoms with Gasteiger partial charge in [-0.25, -0.2) is 9.36 Å². The zero-order valence-electron chi connectivity index (χ0n) is 16.7. The Hall–Kier alpha value is -2.86. The van der Waals surface area contributed by atoms with Crippen molar-refractivity contribution < 1.29 is 9.15 Å². The van der Waals surface area contributed by atoms with E-state index in [4.69, 9.17) is 9.15 Å². The van der Waals surface area contributed by atoms with Crippen molar-refractivity contribution in [2.24, 2.45) is 5.92 Å². The molecule has 152 valence electrons. The lowest BCUT2D eigenvalue weighted by Crippen LogP contribution is -2.36. The molecular formula is C23H26N2O4. The number of likely N-dealkylation sites (tertiary alicyclic amines) is 1. The maximum atomic E-state index is 12.8. The summed E-state index contributed by atoms with van der Waals surface area (Å²) in [5, 5.41) is 0.377. The number of rotatable bonds is 6. The van der Waals surface area contributed by atoms with Crippen molar-refractivity contribution in [3.63, 3.8) is 0 Å². The van der Waals surface area contributed by atoms with Crippen LogP contribution in [0, 0.1) is 5.92 Å². The average molecular weight is 394 g/mol. The molecule has 2 aromatic carbocycles. The van der Waals surface area contributed by atoms with Crippen LogP contribution in [0.15, 0.2) is 62.5 Å². The second-order valence-electron chi connectivity index (χ2n) is 7.68. The minimum absolute atomic E-state index is 0.297. The summed E-state index contributed by atoms with van der Waals surface area (Å²) in [7, 11) is 1.54. The molecule has 0 spiro atoms. The lowest BCUT2D eigenvalue weighted by molar-refractivity contribution is 0.168. The molecular weight excluding hydrogens is 368 g/mol. The summed E-state index contributed by atoms with van der Waals surface area (Å²) in [5.41, 5.74) is 1.32. The van der Waals surface area contributed by atoms with Crippen molar-refractivity contribution in [1.29, 1.82) is 0 Å². The van der Waals surface area contributed by atoms with Gasteiger partial charge in [0.15, 0.2) is 0 Å². The molecule has 1 aliphatic rings. The van der Waals surface area contributed by atoms with Crippen LogP contribution < -0.4 is 16.1 Å². The molecule has 0 N–H and O–H groups in total. The van der Waals surface area contributed by atoms with E-state index in [1.165, 1.54) is 10.1 Å². The van der Waals surface area contributed by atoms with Gasteiger partial charge in [-0.15, -0.1) is 0 Å². The second-order valence-corrected chi connectivity index (χ2v) is 7.68. The van der Waals surface area contributed by atoms with Crippen LogP contribution in [-0.2, 0) is 13.1 Å². The van der Waals surface area contributed by atoms with Gasteiger partial charge in [-0.2, -0.15) is 0 Å². The number of fused-ring (bicyclic) bond motifs is 1. The number of methoxy groups -OCH3 is 1. The smallest absolute Gasteiger partial charge is 0.422 e. The molecule has 1 aromatic heterocycles. The molecule has 0 unspecified atom stereocenters. The molecule has 29 heavy (non-hydrogen) atoms. The van der Waals surface area contributed by atoms with Gasteiger partial charge in [-0.05, 0) is 62.0 Å². The largest absolute Gasteiger partial charge is 0.497 e. The molecule has 6 heteroatoms. The highest BCUT2D eigenvalue weighted by atomic mass is 16.5. The summed E-state index contributed by atoms with van der Waals surface area (Å²) in [6.07, 6.45) is 2.96. The first-order chi connectivity index (χ1) is 14.1. The Morgan fingerprint density at radius 3 is 2.55 bits per heavy atom. The summed E-state index contributed by atoms with van der Waals surface area (Å²) in [4.78, 5) is 27.5. The van der Waals surface area contributed by atoms with Gasteiger partial charge in [0.2, 0.25) is 0 Å². The van der Waals surface area contributed by atoms with Crippen molar-refractivity contribution in [1.82, 2.24) is 9.47 Å². The van der Waals surface area contributed by atoms with Crippen LogP contribution in [0.4, 0.5) is 0 Å². The van der Waals surface area contributed by atoms with Gasteiger partial charge < -0.3 is 9.15 Å². The highest BCUT2D eigenvalue weighted by Crippen LogP contribution is 2.22. The van der Waals surface area contributed by atoms with E-state index in [0.717, 1.165) is 38.9 Å². The standard InChI is InChI=1S/C23H26N2O4/c1-28-19-7-8-21-20(15-19)22(26)25(23(27)29-21)14-11-17-9-12-24(13-10-17)16-18-5-3-2-4-6-18/h2-8,15,17H,9-14,16H2,1H3. The Kier molecular flexibility index (Phi) is 5.81. The SMILES string of the molecule is COc1ccc2oc(=O)n(CCC3CCN(Cc4ccccc4)CC3)c(=O)c2c1. The maximum absolute atomic E-state index is 12.8. The fourth-order valence-corrected chi connectivity index (χ4v) is 4.05. The normalized spacial score (nSPS) is 15.6. The van der Waals surface area contributed by atoms with Gasteiger partial charge in [-0.1, -0.05) is 30.3 Å². The molecule has 0 saturated carbocycles. The lowest BCUT2D eigenvalue weighted by atomic mass is 9.93. The van der Waals surface area contributed by atoms with Gasteiger partial charge in [0.1, 0.15) is 11.3 Å². The molecule has 0 radical (unpaired) electrons. The summed E-state index contributed by atoms with van der Waals surface area (Å²) in [6.45, 7) is 3.44. The van der Waals surface area contributed by atoms with Gasteiger partial charge in [0.25, 0.3) is 5.56 Å². The highest BCUT2D eigenvalue weighted by Gasteiger charge is 2.20. The molecule has 1 fully saturated rings. The molecule has 1 aliphatic heterocycles. The first-order valence-corrected chi connectivity index (χ1v) is 10.1. The molecule has 6 nitrogen and oxygen atoms in total. The molecule has 1 saturated heterocycles. The first-order valence-electron chi connectivity index (χ1n) is 10.1. The molecule has 3 aromatic rings. The van der Waals surface area contributed by atoms with Crippen molar-refractivity contribution >= 4 is 11.0 Å². The van der Waals surface area contributed by atoms with Gasteiger partial charge >= 0.3 is 5.76 Å². The lowest BCUT2D eigenvalue weighted by Gasteiger charge is -2.32. The Balaban J connectivity index is 1.39. The van der Waals surface area contributed by atoms with E-state index in [9.17, 15) is 9.59 Å². The van der Waals surface area contributed by atoms with Gasteiger partial charge in [0, 0.05) is 13.1 Å². The number of ether oxygens (including phenoxy) is 1. The number of nitrogens with zero attached hydrogens (tertiary/aromatic N) is 2. The molecule has 0 amide bonds.